The number of hydrogen-bond acceptors (Lipinski definition) is 2. The smallest absolute Gasteiger partial charge is 0.211 e. The predicted octanol–water partition coefficient (Wildman–Crippen LogP) is 3.24. The molecule has 0 radical (unpaired) electrons. The van der Waals surface area contributed by atoms with E-state index in [9.17, 15) is 0 Å². The van der Waals surface area contributed by atoms with Crippen LogP contribution in [-0.4, -0.2) is 14.8 Å². The van der Waals surface area contributed by atoms with Gasteiger partial charge in [0.05, 0.1) is 6.54 Å². The first-order valence-electron chi connectivity index (χ1n) is 4.14. The van der Waals surface area contributed by atoms with Crippen LogP contribution in [0, 0.1) is 3.83 Å². The predicted molar refractivity (Wildman–Crippen MR) is 68.3 cm³/mol. The Bertz CT molecular complexity index is 484. The van der Waals surface area contributed by atoms with Crippen molar-refractivity contribution in [2.75, 3.05) is 0 Å². The van der Waals surface area contributed by atoms with Crippen molar-refractivity contribution in [3.05, 3.63) is 44.0 Å². The maximum Gasteiger partial charge on any atom is 0.211 e. The summed E-state index contributed by atoms with van der Waals surface area (Å²) in [5, 5.41) is 5.45. The van der Waals surface area contributed by atoms with Crippen LogP contribution in [0.5, 0.6) is 0 Å². The summed E-state index contributed by atoms with van der Waals surface area (Å²) >= 11 is 13.9. The van der Waals surface area contributed by atoms with Crippen molar-refractivity contribution in [1.29, 1.82) is 0 Å². The third-order valence-electron chi connectivity index (χ3n) is 1.86. The maximum absolute atomic E-state index is 6.04. The maximum atomic E-state index is 6.04. The number of hydrogen-bond donors (Lipinski definition) is 0. The van der Waals surface area contributed by atoms with Crippen molar-refractivity contribution < 1.29 is 0 Å². The molecule has 0 saturated heterocycles. The van der Waals surface area contributed by atoms with E-state index in [0.29, 0.717) is 16.6 Å². The Balaban J connectivity index is 2.24. The van der Waals surface area contributed by atoms with Gasteiger partial charge in [-0.3, -0.25) is 0 Å². The van der Waals surface area contributed by atoms with Crippen LogP contribution in [0.15, 0.2) is 24.5 Å². The fourth-order valence-electron chi connectivity index (χ4n) is 1.17. The Hall–Kier alpha value is -0.330. The lowest BCUT2D eigenvalue weighted by Crippen LogP contribution is -2.01. The molecule has 0 atom stereocenters. The van der Waals surface area contributed by atoms with Gasteiger partial charge in [-0.1, -0.05) is 29.3 Å². The minimum Gasteiger partial charge on any atom is -0.247 e. The average Bonchev–Trinajstić information content (AvgIpc) is 2.56. The molecule has 0 bridgehead atoms. The van der Waals surface area contributed by atoms with Gasteiger partial charge in [-0.2, -0.15) is 0 Å². The molecule has 0 fully saturated rings. The first-order valence-corrected chi connectivity index (χ1v) is 5.97. The van der Waals surface area contributed by atoms with Crippen molar-refractivity contribution >= 4 is 45.8 Å². The van der Waals surface area contributed by atoms with Crippen LogP contribution in [0.1, 0.15) is 5.56 Å². The number of nitrogens with zero attached hydrogens (tertiary/aromatic N) is 3. The minimum atomic E-state index is 0.603. The fourth-order valence-corrected chi connectivity index (χ4v) is 2.04. The first-order chi connectivity index (χ1) is 7.15. The second-order valence-corrected chi connectivity index (χ2v) is 4.76. The highest BCUT2D eigenvalue weighted by atomic mass is 127. The average molecular weight is 354 g/mol. The Morgan fingerprint density at radius 3 is 2.73 bits per heavy atom. The molecule has 0 spiro atoms. The van der Waals surface area contributed by atoms with E-state index >= 15 is 0 Å². The molecule has 6 heteroatoms. The highest BCUT2D eigenvalue weighted by molar-refractivity contribution is 14.1. The molecule has 15 heavy (non-hydrogen) atoms. The van der Waals surface area contributed by atoms with Gasteiger partial charge in [-0.05, 0) is 17.7 Å². The molecule has 0 amide bonds. The van der Waals surface area contributed by atoms with Gasteiger partial charge in [-0.25, -0.2) is 9.67 Å². The molecule has 1 aromatic carbocycles. The molecular weight excluding hydrogens is 348 g/mol. The Morgan fingerprint density at radius 1 is 1.33 bits per heavy atom. The standard InChI is InChI=1S/C9H6Cl2IN3/c10-7-2-1-6(8(11)3-7)4-15-5-13-9(12)14-15/h1-3,5H,4H2. The summed E-state index contributed by atoms with van der Waals surface area (Å²) in [6.45, 7) is 0.603. The summed E-state index contributed by atoms with van der Waals surface area (Å²) in [6.07, 6.45) is 1.67. The van der Waals surface area contributed by atoms with Crippen LogP contribution in [-0.2, 0) is 6.54 Å². The fraction of sp³-hybridized carbons (Fsp3) is 0.111. The molecule has 2 rings (SSSR count). The van der Waals surface area contributed by atoms with E-state index in [4.69, 9.17) is 23.2 Å². The second kappa shape index (κ2) is 4.67. The van der Waals surface area contributed by atoms with Gasteiger partial charge in [0, 0.05) is 32.6 Å². The summed E-state index contributed by atoms with van der Waals surface area (Å²) in [6, 6.07) is 5.42. The van der Waals surface area contributed by atoms with Crippen molar-refractivity contribution in [1.82, 2.24) is 14.8 Å². The van der Waals surface area contributed by atoms with Crippen LogP contribution < -0.4 is 0 Å². The zero-order chi connectivity index (χ0) is 10.8. The van der Waals surface area contributed by atoms with Crippen LogP contribution >= 0.6 is 45.8 Å². The molecule has 0 N–H and O–H groups in total. The van der Waals surface area contributed by atoms with Crippen LogP contribution in [0.2, 0.25) is 10.0 Å². The van der Waals surface area contributed by atoms with E-state index in [2.05, 4.69) is 32.7 Å². The van der Waals surface area contributed by atoms with Gasteiger partial charge in [0.25, 0.3) is 0 Å². The number of rotatable bonds is 2. The summed E-state index contributed by atoms with van der Waals surface area (Å²) in [5.74, 6) is 0. The molecule has 0 aliphatic heterocycles. The van der Waals surface area contributed by atoms with E-state index in [1.165, 1.54) is 0 Å². The normalized spacial score (nSPS) is 10.6. The van der Waals surface area contributed by atoms with E-state index in [1.54, 1.807) is 17.1 Å². The lowest BCUT2D eigenvalue weighted by molar-refractivity contribution is 0.680. The van der Waals surface area contributed by atoms with Crippen molar-refractivity contribution in [3.63, 3.8) is 0 Å². The van der Waals surface area contributed by atoms with E-state index in [-0.39, 0.29) is 0 Å². The number of halogens is 3. The summed E-state index contributed by atoms with van der Waals surface area (Å²) in [5.41, 5.74) is 0.974. The molecule has 2 aromatic rings. The van der Waals surface area contributed by atoms with Gasteiger partial charge < -0.3 is 0 Å². The van der Waals surface area contributed by atoms with Gasteiger partial charge in [0.2, 0.25) is 3.83 Å². The lowest BCUT2D eigenvalue weighted by atomic mass is 10.2. The monoisotopic (exact) mass is 353 g/mol. The lowest BCUT2D eigenvalue weighted by Gasteiger charge is -2.03. The highest BCUT2D eigenvalue weighted by Crippen LogP contribution is 2.21. The number of benzene rings is 1. The Labute approximate surface area is 111 Å². The van der Waals surface area contributed by atoms with Crippen LogP contribution in [0.25, 0.3) is 0 Å². The minimum absolute atomic E-state index is 0.603. The molecule has 0 aliphatic carbocycles. The van der Waals surface area contributed by atoms with Gasteiger partial charge >= 0.3 is 0 Å². The van der Waals surface area contributed by atoms with Crippen molar-refractivity contribution in [3.8, 4) is 0 Å². The van der Waals surface area contributed by atoms with Gasteiger partial charge in [-0.15, -0.1) is 5.10 Å². The summed E-state index contributed by atoms with van der Waals surface area (Å²) in [4.78, 5) is 4.03. The molecule has 1 heterocycles. The van der Waals surface area contributed by atoms with Crippen molar-refractivity contribution in [2.24, 2.45) is 0 Å². The Morgan fingerprint density at radius 2 is 2.13 bits per heavy atom. The molecule has 0 saturated carbocycles. The molecule has 0 aliphatic rings. The van der Waals surface area contributed by atoms with E-state index < -0.39 is 0 Å². The molecule has 3 nitrogen and oxygen atoms in total. The Kier molecular flexibility index (Phi) is 3.48. The van der Waals surface area contributed by atoms with Crippen molar-refractivity contribution in [2.45, 2.75) is 6.54 Å². The topological polar surface area (TPSA) is 30.7 Å². The van der Waals surface area contributed by atoms with E-state index in [0.717, 1.165) is 9.39 Å². The molecule has 0 unspecified atom stereocenters. The molecule has 1 aromatic heterocycles. The second-order valence-electron chi connectivity index (χ2n) is 2.95. The summed E-state index contributed by atoms with van der Waals surface area (Å²) in [7, 11) is 0. The molecular formula is C9H6Cl2IN3. The number of aromatic nitrogens is 3. The SMILES string of the molecule is Clc1ccc(Cn2cnc(I)n2)c(Cl)c1. The zero-order valence-electron chi connectivity index (χ0n) is 7.49. The largest absolute Gasteiger partial charge is 0.247 e. The van der Waals surface area contributed by atoms with E-state index in [1.807, 2.05) is 12.1 Å². The zero-order valence-corrected chi connectivity index (χ0v) is 11.2. The first kappa shape index (κ1) is 11.2. The third kappa shape index (κ3) is 2.83. The quantitative estimate of drug-likeness (QED) is 0.776. The summed E-state index contributed by atoms with van der Waals surface area (Å²) < 4.78 is 2.45. The molecule has 78 valence electrons. The van der Waals surface area contributed by atoms with Crippen LogP contribution in [0.3, 0.4) is 0 Å². The highest BCUT2D eigenvalue weighted by Gasteiger charge is 2.03. The third-order valence-corrected chi connectivity index (χ3v) is 2.94. The van der Waals surface area contributed by atoms with Gasteiger partial charge in [0.15, 0.2) is 0 Å². The van der Waals surface area contributed by atoms with Crippen LogP contribution in [0.4, 0.5) is 0 Å². The van der Waals surface area contributed by atoms with Gasteiger partial charge in [0.1, 0.15) is 6.33 Å².